The number of hydrogen-bond donors (Lipinski definition) is 2. The van der Waals surface area contributed by atoms with Crippen molar-refractivity contribution < 1.29 is 32.3 Å². The lowest BCUT2D eigenvalue weighted by molar-refractivity contribution is -0.141. The molecule has 2 atom stereocenters. The first-order valence-corrected chi connectivity index (χ1v) is 18.9. The molecule has 16 heteroatoms. The second kappa shape index (κ2) is 14.1. The van der Waals surface area contributed by atoms with Gasteiger partial charge in [-0.15, -0.1) is 0 Å². The van der Waals surface area contributed by atoms with Crippen LogP contribution in [-0.4, -0.2) is 87.9 Å². The van der Waals surface area contributed by atoms with Crippen LogP contribution in [-0.2, 0) is 11.0 Å². The number of aromatic nitrogens is 4. The summed E-state index contributed by atoms with van der Waals surface area (Å²) in [4.78, 5) is 52.1. The van der Waals surface area contributed by atoms with E-state index in [9.17, 15) is 27.6 Å². The summed E-state index contributed by atoms with van der Waals surface area (Å²) >= 11 is 0. The van der Waals surface area contributed by atoms with Crippen molar-refractivity contribution in [1.82, 2.24) is 30.0 Å². The van der Waals surface area contributed by atoms with Gasteiger partial charge < -0.3 is 15.0 Å². The zero-order valence-electron chi connectivity index (χ0n) is 30.6. The second-order valence-corrected chi connectivity index (χ2v) is 15.2. The van der Waals surface area contributed by atoms with Gasteiger partial charge in [0.05, 0.1) is 36.2 Å². The third-order valence-corrected chi connectivity index (χ3v) is 11.8. The van der Waals surface area contributed by atoms with Crippen LogP contribution in [0.1, 0.15) is 60.7 Å². The zero-order chi connectivity index (χ0) is 38.7. The number of urea groups is 1. The van der Waals surface area contributed by atoms with Gasteiger partial charge in [0.1, 0.15) is 17.1 Å². The topological polar surface area (TPSA) is 138 Å². The number of benzene rings is 2. The minimum Gasteiger partial charge on any atom is -0.494 e. The molecule has 5 aromatic rings. The number of nitrogens with one attached hydrogen (secondary N) is 2. The Morgan fingerprint density at radius 1 is 0.964 bits per heavy atom. The predicted molar refractivity (Wildman–Crippen MR) is 203 cm³/mol. The van der Waals surface area contributed by atoms with Crippen molar-refractivity contribution in [2.75, 3.05) is 48.4 Å². The van der Waals surface area contributed by atoms with Gasteiger partial charge in [-0.1, -0.05) is 18.2 Å². The summed E-state index contributed by atoms with van der Waals surface area (Å²) in [5.74, 6) is -0.107. The quantitative estimate of drug-likeness (QED) is 0.184. The van der Waals surface area contributed by atoms with Gasteiger partial charge >= 0.3 is 12.2 Å². The maximum Gasteiger partial charge on any atom is 0.433 e. The SMILES string of the molecule is COc1cc2nn(C3CCC(CN4C[C@H]5C[C@@H]4CN5c4cccc5c(N6CCC(=O)NC6=O)cncc45)CC3)cc2cc1NC(=O)c1cccc(C(F)(F)F)n1. The molecule has 0 unspecified atom stereocenters. The number of anilines is 3. The van der Waals surface area contributed by atoms with Crippen molar-refractivity contribution in [1.29, 1.82) is 0 Å². The van der Waals surface area contributed by atoms with Crippen LogP contribution < -0.4 is 25.2 Å². The van der Waals surface area contributed by atoms with E-state index in [1.807, 2.05) is 29.2 Å². The summed E-state index contributed by atoms with van der Waals surface area (Å²) in [7, 11) is 1.46. The summed E-state index contributed by atoms with van der Waals surface area (Å²) in [6, 6.07) is 13.5. The van der Waals surface area contributed by atoms with Crippen molar-refractivity contribution in [3.8, 4) is 5.75 Å². The lowest BCUT2D eigenvalue weighted by Crippen LogP contribution is -2.49. The predicted octanol–water partition coefficient (Wildman–Crippen LogP) is 6.40. The fraction of sp³-hybridized carbons (Fsp3) is 0.400. The van der Waals surface area contributed by atoms with Crippen molar-refractivity contribution in [3.05, 3.63) is 78.5 Å². The number of carbonyl (C=O) groups is 3. The molecule has 4 aliphatic rings. The van der Waals surface area contributed by atoms with E-state index in [-0.39, 0.29) is 24.1 Å². The van der Waals surface area contributed by atoms with E-state index >= 15 is 0 Å². The number of piperazine rings is 1. The highest BCUT2D eigenvalue weighted by Gasteiger charge is 2.44. The molecular formula is C40H40F3N9O4. The Bertz CT molecular complexity index is 2360. The van der Waals surface area contributed by atoms with E-state index in [1.165, 1.54) is 13.2 Å². The first-order valence-electron chi connectivity index (χ1n) is 18.9. The zero-order valence-corrected chi connectivity index (χ0v) is 30.6. The number of carbonyl (C=O) groups excluding carboxylic acids is 3. The lowest BCUT2D eigenvalue weighted by Gasteiger charge is -2.39. The first-order chi connectivity index (χ1) is 27.0. The molecule has 4 fully saturated rings. The van der Waals surface area contributed by atoms with Crippen LogP contribution in [0.5, 0.6) is 5.75 Å². The Hall–Kier alpha value is -5.77. The third-order valence-electron chi connectivity index (χ3n) is 11.8. The van der Waals surface area contributed by atoms with E-state index in [4.69, 9.17) is 9.84 Å². The number of halogens is 3. The van der Waals surface area contributed by atoms with Crippen molar-refractivity contribution in [3.63, 3.8) is 0 Å². The number of likely N-dealkylation sites (tertiary alicyclic amines) is 1. The number of hydrogen-bond acceptors (Lipinski definition) is 9. The standard InChI is InChI=1S/C40H40F3N9O4/c1-56-35-16-31-24(14-32(35)46-38(54)30-5-3-7-36(45-30)40(41,42)43)20-52(48-31)25-10-8-23(9-11-25)19-49-21-27-15-26(49)22-51(27)33-6-2-4-28-29(33)17-44-18-34(28)50-13-12-37(53)47-39(50)55/h2-7,14,16-18,20,23,25-27H,8-13,15,19,21-22H2,1H3,(H,46,54)(H,47,53,55)/t23?,25?,26-,27-/m1/s1. The molecule has 2 bridgehead atoms. The van der Waals surface area contributed by atoms with Crippen molar-refractivity contribution in [2.24, 2.45) is 5.92 Å². The van der Waals surface area contributed by atoms with Gasteiger partial charge in [-0.25, -0.2) is 9.78 Å². The van der Waals surface area contributed by atoms with Gasteiger partial charge in [0.15, 0.2) is 0 Å². The van der Waals surface area contributed by atoms with Gasteiger partial charge in [0, 0.05) is 85.0 Å². The number of imide groups is 1. The van der Waals surface area contributed by atoms with Crippen LogP contribution >= 0.6 is 0 Å². The maximum absolute atomic E-state index is 13.2. The van der Waals surface area contributed by atoms with Crippen LogP contribution in [0.2, 0.25) is 0 Å². The Balaban J connectivity index is 0.822. The summed E-state index contributed by atoms with van der Waals surface area (Å²) in [6.45, 7) is 3.32. The lowest BCUT2D eigenvalue weighted by atomic mass is 9.85. The van der Waals surface area contributed by atoms with E-state index in [0.29, 0.717) is 47.2 Å². The number of fused-ring (bicyclic) bond motifs is 4. The third kappa shape index (κ3) is 6.65. The first kappa shape index (κ1) is 35.9. The maximum atomic E-state index is 13.2. The smallest absolute Gasteiger partial charge is 0.433 e. The summed E-state index contributed by atoms with van der Waals surface area (Å²) in [5, 5.41) is 12.7. The van der Waals surface area contributed by atoms with Gasteiger partial charge in [-0.2, -0.15) is 18.3 Å². The Kier molecular flexibility index (Phi) is 9.02. The van der Waals surface area contributed by atoms with Crippen LogP contribution in [0.15, 0.2) is 67.1 Å². The van der Waals surface area contributed by atoms with Crippen LogP contribution in [0, 0.1) is 5.92 Å². The molecule has 1 saturated carbocycles. The number of ether oxygens (including phenoxy) is 1. The molecule has 3 aromatic heterocycles. The fourth-order valence-corrected chi connectivity index (χ4v) is 9.05. The van der Waals surface area contributed by atoms with E-state index in [0.717, 1.165) is 85.7 Å². The minimum absolute atomic E-state index is 0.226. The molecule has 6 heterocycles. The molecule has 290 valence electrons. The largest absolute Gasteiger partial charge is 0.494 e. The summed E-state index contributed by atoms with van der Waals surface area (Å²) in [6.07, 6.45) is 6.38. The molecule has 9 rings (SSSR count). The minimum atomic E-state index is -4.66. The van der Waals surface area contributed by atoms with E-state index in [2.05, 4.69) is 36.5 Å². The highest BCUT2D eigenvalue weighted by atomic mass is 19.4. The number of amides is 4. The van der Waals surface area contributed by atoms with Crippen molar-refractivity contribution >= 4 is 56.6 Å². The molecule has 3 aliphatic heterocycles. The number of pyridine rings is 2. The molecule has 3 saturated heterocycles. The fourth-order valence-electron chi connectivity index (χ4n) is 9.05. The monoisotopic (exact) mass is 767 g/mol. The van der Waals surface area contributed by atoms with Gasteiger partial charge in [0.2, 0.25) is 5.91 Å². The van der Waals surface area contributed by atoms with E-state index < -0.39 is 23.8 Å². The Morgan fingerprint density at radius 3 is 2.54 bits per heavy atom. The Labute approximate surface area is 319 Å². The van der Waals surface area contributed by atoms with Crippen LogP contribution in [0.3, 0.4) is 0 Å². The molecule has 0 spiro atoms. The van der Waals surface area contributed by atoms with Gasteiger partial charge in [-0.05, 0) is 62.3 Å². The van der Waals surface area contributed by atoms with Gasteiger partial charge in [-0.3, -0.25) is 34.4 Å². The average molecular weight is 768 g/mol. The molecular weight excluding hydrogens is 727 g/mol. The molecule has 0 radical (unpaired) electrons. The number of alkyl halides is 3. The normalized spacial score (nSPS) is 22.9. The highest BCUT2D eigenvalue weighted by Crippen LogP contribution is 2.42. The van der Waals surface area contributed by atoms with E-state index in [1.54, 1.807) is 23.2 Å². The number of nitrogens with zero attached hydrogens (tertiary/aromatic N) is 7. The molecule has 13 nitrogen and oxygen atoms in total. The number of rotatable bonds is 8. The second-order valence-electron chi connectivity index (χ2n) is 15.2. The van der Waals surface area contributed by atoms with Crippen molar-refractivity contribution in [2.45, 2.75) is 62.8 Å². The molecule has 1 aliphatic carbocycles. The highest BCUT2D eigenvalue weighted by molar-refractivity contribution is 6.11. The van der Waals surface area contributed by atoms with Crippen LogP contribution in [0.25, 0.3) is 21.7 Å². The molecule has 2 N–H and O–H groups in total. The Morgan fingerprint density at radius 2 is 1.79 bits per heavy atom. The average Bonchev–Trinajstić information content (AvgIpc) is 3.92. The summed E-state index contributed by atoms with van der Waals surface area (Å²) < 4.78 is 47.0. The molecule has 4 amide bonds. The number of methoxy groups -OCH3 is 1. The van der Waals surface area contributed by atoms with Crippen LogP contribution in [0.4, 0.5) is 35.0 Å². The van der Waals surface area contributed by atoms with Gasteiger partial charge in [0.25, 0.3) is 5.91 Å². The summed E-state index contributed by atoms with van der Waals surface area (Å²) in [5.41, 5.74) is 1.37. The molecule has 2 aromatic carbocycles. The molecule has 56 heavy (non-hydrogen) atoms.